The van der Waals surface area contributed by atoms with Gasteiger partial charge >= 0.3 is 0 Å². The molecule has 0 bridgehead atoms. The molecule has 1 aromatic carbocycles. The van der Waals surface area contributed by atoms with Crippen molar-refractivity contribution < 1.29 is 4.79 Å². The van der Waals surface area contributed by atoms with Crippen LogP contribution >= 0.6 is 22.7 Å². The van der Waals surface area contributed by atoms with Crippen molar-refractivity contribution in [3.63, 3.8) is 0 Å². The van der Waals surface area contributed by atoms with Crippen molar-refractivity contribution in [1.82, 2.24) is 19.3 Å². The summed E-state index contributed by atoms with van der Waals surface area (Å²) in [4.78, 5) is 37.1. The van der Waals surface area contributed by atoms with Gasteiger partial charge in [-0.1, -0.05) is 12.1 Å². The van der Waals surface area contributed by atoms with E-state index in [1.54, 1.807) is 27.8 Å². The van der Waals surface area contributed by atoms with Crippen molar-refractivity contribution in [3.05, 3.63) is 63.0 Å². The highest BCUT2D eigenvalue weighted by Gasteiger charge is 2.34. The molecule has 0 unspecified atom stereocenters. The molecule has 8 heteroatoms. The van der Waals surface area contributed by atoms with Crippen molar-refractivity contribution in [3.8, 4) is 0 Å². The maximum Gasteiger partial charge on any atom is 0.271 e. The second-order valence-electron chi connectivity index (χ2n) is 6.21. The standard InChI is InChI=1S/C18H14N4O2S2/c23-16(11-10-19-18-22(17(11)24)8-9-25-18)21-7-3-5-13(21)15-20-12-4-1-2-6-14(12)26-15/h1-2,4,6,8-10,13H,3,5,7H2/t13-/m0/s1. The van der Waals surface area contributed by atoms with Gasteiger partial charge < -0.3 is 4.90 Å². The second kappa shape index (κ2) is 6.00. The largest absolute Gasteiger partial charge is 0.329 e. The van der Waals surface area contributed by atoms with Crippen LogP contribution in [0.3, 0.4) is 0 Å². The lowest BCUT2D eigenvalue weighted by atomic mass is 10.2. The van der Waals surface area contributed by atoms with Crippen LogP contribution in [0.15, 0.2) is 46.8 Å². The van der Waals surface area contributed by atoms with Gasteiger partial charge in [0, 0.05) is 24.3 Å². The fourth-order valence-corrected chi connectivity index (χ4v) is 5.22. The minimum Gasteiger partial charge on any atom is -0.329 e. The summed E-state index contributed by atoms with van der Waals surface area (Å²) in [6, 6.07) is 7.90. The van der Waals surface area contributed by atoms with E-state index in [9.17, 15) is 9.59 Å². The lowest BCUT2D eigenvalue weighted by Gasteiger charge is -2.22. The number of carbonyl (C=O) groups is 1. The number of fused-ring (bicyclic) bond motifs is 2. The van der Waals surface area contributed by atoms with Gasteiger partial charge in [-0.05, 0) is 25.0 Å². The number of aromatic nitrogens is 3. The molecule has 6 nitrogen and oxygen atoms in total. The van der Waals surface area contributed by atoms with Gasteiger partial charge in [-0.25, -0.2) is 9.97 Å². The first-order chi connectivity index (χ1) is 12.7. The zero-order chi connectivity index (χ0) is 17.7. The van der Waals surface area contributed by atoms with Crippen molar-refractivity contribution >= 4 is 43.8 Å². The molecule has 1 aliphatic heterocycles. The van der Waals surface area contributed by atoms with Crippen LogP contribution in [0.4, 0.5) is 0 Å². The van der Waals surface area contributed by atoms with E-state index in [0.717, 1.165) is 28.1 Å². The highest BCUT2D eigenvalue weighted by molar-refractivity contribution is 7.18. The summed E-state index contributed by atoms with van der Waals surface area (Å²) in [5, 5.41) is 2.72. The molecule has 1 aliphatic rings. The fraction of sp³-hybridized carbons (Fsp3) is 0.222. The summed E-state index contributed by atoms with van der Waals surface area (Å²) in [6.45, 7) is 0.630. The number of nitrogens with zero attached hydrogens (tertiary/aromatic N) is 4. The molecule has 0 spiro atoms. The minimum absolute atomic E-state index is 0.0810. The highest BCUT2D eigenvalue weighted by Crippen LogP contribution is 2.36. The molecule has 0 aliphatic carbocycles. The predicted octanol–water partition coefficient (Wildman–Crippen LogP) is 3.34. The minimum atomic E-state index is -0.309. The van der Waals surface area contributed by atoms with E-state index in [4.69, 9.17) is 4.98 Å². The van der Waals surface area contributed by atoms with E-state index in [1.807, 2.05) is 24.3 Å². The Kier molecular flexibility index (Phi) is 3.61. The first kappa shape index (κ1) is 15.7. The van der Waals surface area contributed by atoms with Crippen LogP contribution in [0, 0.1) is 0 Å². The van der Waals surface area contributed by atoms with Gasteiger partial charge in [0.05, 0.1) is 16.3 Å². The van der Waals surface area contributed by atoms with Crippen molar-refractivity contribution in [2.24, 2.45) is 0 Å². The Morgan fingerprint density at radius 2 is 2.15 bits per heavy atom. The molecule has 5 rings (SSSR count). The Balaban J connectivity index is 1.54. The third kappa shape index (κ3) is 2.37. The van der Waals surface area contributed by atoms with Crippen molar-refractivity contribution in [2.45, 2.75) is 18.9 Å². The maximum atomic E-state index is 13.1. The van der Waals surface area contributed by atoms with Gasteiger partial charge in [-0.2, -0.15) is 0 Å². The summed E-state index contributed by atoms with van der Waals surface area (Å²) in [6.07, 6.45) is 4.83. The smallest absolute Gasteiger partial charge is 0.271 e. The first-order valence-corrected chi connectivity index (χ1v) is 10.0. The predicted molar refractivity (Wildman–Crippen MR) is 102 cm³/mol. The Bertz CT molecular complexity index is 1160. The number of para-hydroxylation sites is 1. The molecule has 1 saturated heterocycles. The Labute approximate surface area is 156 Å². The summed E-state index contributed by atoms with van der Waals surface area (Å²) in [5.41, 5.74) is 0.762. The molecular formula is C18H14N4O2S2. The quantitative estimate of drug-likeness (QED) is 0.533. The SMILES string of the molecule is O=C(c1cnc2sccn2c1=O)N1CCC[C@H]1c1nc2ccccc2s1. The van der Waals surface area contributed by atoms with Gasteiger partial charge in [0.15, 0.2) is 4.96 Å². The molecule has 4 heterocycles. The van der Waals surface area contributed by atoms with Crippen LogP contribution in [-0.2, 0) is 0 Å². The summed E-state index contributed by atoms with van der Waals surface area (Å²) >= 11 is 2.99. The molecule has 4 aromatic rings. The number of benzene rings is 1. The molecule has 3 aromatic heterocycles. The molecule has 1 amide bonds. The van der Waals surface area contributed by atoms with E-state index in [2.05, 4.69) is 4.98 Å². The zero-order valence-electron chi connectivity index (χ0n) is 13.7. The van der Waals surface area contributed by atoms with Gasteiger partial charge in [-0.15, -0.1) is 22.7 Å². The van der Waals surface area contributed by atoms with Crippen LogP contribution in [-0.4, -0.2) is 31.7 Å². The van der Waals surface area contributed by atoms with Gasteiger partial charge in [-0.3, -0.25) is 14.0 Å². The van der Waals surface area contributed by atoms with E-state index >= 15 is 0 Å². The molecule has 0 N–H and O–H groups in total. The molecule has 1 fully saturated rings. The van der Waals surface area contributed by atoms with Crippen LogP contribution in [0.5, 0.6) is 0 Å². The lowest BCUT2D eigenvalue weighted by Crippen LogP contribution is -2.35. The van der Waals surface area contributed by atoms with E-state index in [-0.39, 0.29) is 23.1 Å². The fourth-order valence-electron chi connectivity index (χ4n) is 3.43. The topological polar surface area (TPSA) is 67.6 Å². The average molecular weight is 382 g/mol. The van der Waals surface area contributed by atoms with Gasteiger partial charge in [0.25, 0.3) is 11.5 Å². The van der Waals surface area contributed by atoms with E-state index in [0.29, 0.717) is 11.5 Å². The maximum absolute atomic E-state index is 13.1. The van der Waals surface area contributed by atoms with Gasteiger partial charge in [0.1, 0.15) is 10.6 Å². The van der Waals surface area contributed by atoms with Crippen molar-refractivity contribution in [1.29, 1.82) is 0 Å². The number of thiazole rings is 2. The molecular weight excluding hydrogens is 368 g/mol. The van der Waals surface area contributed by atoms with Crippen LogP contribution in [0.25, 0.3) is 15.2 Å². The number of likely N-dealkylation sites (tertiary alicyclic amines) is 1. The zero-order valence-corrected chi connectivity index (χ0v) is 15.3. The number of hydrogen-bond acceptors (Lipinski definition) is 6. The number of carbonyl (C=O) groups excluding carboxylic acids is 1. The third-order valence-corrected chi connectivity index (χ3v) is 6.59. The summed E-state index contributed by atoms with van der Waals surface area (Å²) in [5.74, 6) is -0.259. The van der Waals surface area contributed by atoms with Crippen LogP contribution in [0.1, 0.15) is 34.2 Å². The van der Waals surface area contributed by atoms with Crippen molar-refractivity contribution in [2.75, 3.05) is 6.54 Å². The Morgan fingerprint density at radius 3 is 3.04 bits per heavy atom. The average Bonchev–Trinajstić information content (AvgIpc) is 3.38. The Morgan fingerprint density at radius 1 is 1.27 bits per heavy atom. The monoisotopic (exact) mass is 382 g/mol. The van der Waals surface area contributed by atoms with E-state index < -0.39 is 0 Å². The molecule has 130 valence electrons. The third-order valence-electron chi connectivity index (χ3n) is 4.68. The normalized spacial score (nSPS) is 17.4. The summed E-state index contributed by atoms with van der Waals surface area (Å²) in [7, 11) is 0. The number of hydrogen-bond donors (Lipinski definition) is 0. The molecule has 1 atom stereocenters. The number of rotatable bonds is 2. The second-order valence-corrected chi connectivity index (χ2v) is 8.14. The summed E-state index contributed by atoms with van der Waals surface area (Å²) < 4.78 is 2.55. The lowest BCUT2D eigenvalue weighted by molar-refractivity contribution is 0.0733. The molecule has 26 heavy (non-hydrogen) atoms. The number of amides is 1. The van der Waals surface area contributed by atoms with Crippen LogP contribution in [0.2, 0.25) is 0 Å². The van der Waals surface area contributed by atoms with Gasteiger partial charge in [0.2, 0.25) is 0 Å². The highest BCUT2D eigenvalue weighted by atomic mass is 32.1. The van der Waals surface area contributed by atoms with E-state index in [1.165, 1.54) is 21.9 Å². The first-order valence-electron chi connectivity index (χ1n) is 8.34. The molecule has 0 radical (unpaired) electrons. The molecule has 0 saturated carbocycles. The Hall–Kier alpha value is -2.58. The van der Waals surface area contributed by atoms with Crippen LogP contribution < -0.4 is 5.56 Å².